The Kier molecular flexibility index (Phi) is 5.27. The summed E-state index contributed by atoms with van der Waals surface area (Å²) in [5, 5.41) is 5.45. The highest BCUT2D eigenvalue weighted by atomic mass is 32.1. The molecule has 0 radical (unpaired) electrons. The summed E-state index contributed by atoms with van der Waals surface area (Å²) in [6, 6.07) is 15.5. The van der Waals surface area contributed by atoms with Gasteiger partial charge in [0, 0.05) is 11.6 Å². The highest BCUT2D eigenvalue weighted by molar-refractivity contribution is 7.10. The SMILES string of the molecule is C[C@@H](NC(=O)C1CC1)[C@H](c1cccs1)[NH+]1CCN(c2ccccc2)CC1. The summed E-state index contributed by atoms with van der Waals surface area (Å²) in [6.45, 7) is 6.50. The first-order valence-corrected chi connectivity index (χ1v) is 10.6. The average molecular weight is 371 g/mol. The summed E-state index contributed by atoms with van der Waals surface area (Å²) >= 11 is 1.82. The highest BCUT2D eigenvalue weighted by Crippen LogP contribution is 2.29. The number of thiophene rings is 1. The number of quaternary nitrogens is 1. The lowest BCUT2D eigenvalue weighted by molar-refractivity contribution is -0.933. The van der Waals surface area contributed by atoms with Crippen LogP contribution in [0.4, 0.5) is 5.69 Å². The predicted octanol–water partition coefficient (Wildman–Crippen LogP) is 2.11. The number of rotatable bonds is 6. The maximum Gasteiger partial charge on any atom is 0.223 e. The van der Waals surface area contributed by atoms with Gasteiger partial charge in [-0.1, -0.05) is 24.3 Å². The summed E-state index contributed by atoms with van der Waals surface area (Å²) in [4.78, 5) is 17.7. The molecule has 2 atom stereocenters. The maximum absolute atomic E-state index is 12.3. The van der Waals surface area contributed by atoms with E-state index < -0.39 is 0 Å². The van der Waals surface area contributed by atoms with Crippen molar-refractivity contribution in [1.82, 2.24) is 5.32 Å². The van der Waals surface area contributed by atoms with Gasteiger partial charge in [0.1, 0.15) is 6.04 Å². The Morgan fingerprint density at radius 2 is 1.88 bits per heavy atom. The average Bonchev–Trinajstić information content (AvgIpc) is 3.40. The standard InChI is InChI=1S/C21H27N3OS/c1-16(22-21(25)17-9-10-17)20(19-8-5-15-26-19)24-13-11-23(12-14-24)18-6-3-2-4-7-18/h2-8,15-17,20H,9-14H2,1H3,(H,22,25)/p+1/t16-,20-/m1/s1. The van der Waals surface area contributed by atoms with Crippen molar-refractivity contribution in [3.8, 4) is 0 Å². The first-order valence-electron chi connectivity index (χ1n) is 9.71. The molecule has 4 nitrogen and oxygen atoms in total. The van der Waals surface area contributed by atoms with Crippen molar-refractivity contribution >= 4 is 22.9 Å². The summed E-state index contributed by atoms with van der Waals surface area (Å²) < 4.78 is 0. The van der Waals surface area contributed by atoms with Gasteiger partial charge < -0.3 is 15.1 Å². The first kappa shape index (κ1) is 17.6. The van der Waals surface area contributed by atoms with Crippen LogP contribution in [0, 0.1) is 5.92 Å². The molecular weight excluding hydrogens is 342 g/mol. The highest BCUT2D eigenvalue weighted by Gasteiger charge is 2.37. The van der Waals surface area contributed by atoms with E-state index in [4.69, 9.17) is 0 Å². The number of carbonyl (C=O) groups excluding carboxylic acids is 1. The van der Waals surface area contributed by atoms with E-state index >= 15 is 0 Å². The molecule has 1 saturated heterocycles. The summed E-state index contributed by atoms with van der Waals surface area (Å²) in [6.07, 6.45) is 2.12. The Morgan fingerprint density at radius 1 is 1.15 bits per heavy atom. The number of para-hydroxylation sites is 1. The summed E-state index contributed by atoms with van der Waals surface area (Å²) in [5.74, 6) is 0.521. The van der Waals surface area contributed by atoms with Crippen molar-refractivity contribution in [3.63, 3.8) is 0 Å². The Morgan fingerprint density at radius 3 is 2.50 bits per heavy atom. The van der Waals surface area contributed by atoms with E-state index in [1.807, 2.05) is 11.3 Å². The summed E-state index contributed by atoms with van der Waals surface area (Å²) in [5.41, 5.74) is 1.31. The molecule has 1 saturated carbocycles. The van der Waals surface area contributed by atoms with Crippen LogP contribution >= 0.6 is 11.3 Å². The van der Waals surface area contributed by atoms with Gasteiger partial charge in [-0.3, -0.25) is 4.79 Å². The van der Waals surface area contributed by atoms with E-state index in [9.17, 15) is 4.79 Å². The fraction of sp³-hybridized carbons (Fsp3) is 0.476. The molecule has 5 heteroatoms. The third-order valence-corrected chi connectivity index (χ3v) is 6.59. The van der Waals surface area contributed by atoms with Crippen molar-refractivity contribution < 1.29 is 9.69 Å². The Hall–Kier alpha value is -1.85. The minimum atomic E-state index is 0.167. The third kappa shape index (κ3) is 3.94. The number of anilines is 1. The minimum absolute atomic E-state index is 0.167. The van der Waals surface area contributed by atoms with Gasteiger partial charge in [-0.25, -0.2) is 0 Å². The van der Waals surface area contributed by atoms with E-state index in [0.29, 0.717) is 6.04 Å². The molecule has 1 aromatic heterocycles. The van der Waals surface area contributed by atoms with E-state index in [1.165, 1.54) is 10.6 Å². The molecule has 2 aliphatic rings. The number of benzene rings is 1. The second-order valence-corrected chi connectivity index (χ2v) is 8.52. The predicted molar refractivity (Wildman–Crippen MR) is 107 cm³/mol. The third-order valence-electron chi connectivity index (χ3n) is 5.63. The van der Waals surface area contributed by atoms with Crippen molar-refractivity contribution in [2.24, 2.45) is 5.92 Å². The van der Waals surface area contributed by atoms with Gasteiger partial charge in [0.15, 0.2) is 0 Å². The van der Waals surface area contributed by atoms with Crippen LogP contribution in [0.5, 0.6) is 0 Å². The molecule has 4 rings (SSSR count). The molecule has 138 valence electrons. The normalized spacial score (nSPS) is 20.6. The number of hydrogen-bond donors (Lipinski definition) is 2. The van der Waals surface area contributed by atoms with Gasteiger partial charge in [-0.2, -0.15) is 0 Å². The number of nitrogens with one attached hydrogen (secondary N) is 2. The van der Waals surface area contributed by atoms with Gasteiger partial charge in [-0.15, -0.1) is 11.3 Å². The molecule has 2 fully saturated rings. The van der Waals surface area contributed by atoms with E-state index in [2.05, 4.69) is 65.0 Å². The molecule has 26 heavy (non-hydrogen) atoms. The molecule has 2 N–H and O–H groups in total. The van der Waals surface area contributed by atoms with Gasteiger partial charge in [0.2, 0.25) is 5.91 Å². The van der Waals surface area contributed by atoms with Crippen LogP contribution in [0.1, 0.15) is 30.7 Å². The van der Waals surface area contributed by atoms with Gasteiger partial charge >= 0.3 is 0 Å². The fourth-order valence-corrected chi connectivity index (χ4v) is 5.03. The lowest BCUT2D eigenvalue weighted by atomic mass is 10.0. The molecule has 0 bridgehead atoms. The lowest BCUT2D eigenvalue weighted by Crippen LogP contribution is -3.16. The van der Waals surface area contributed by atoms with Crippen LogP contribution in [0.15, 0.2) is 47.8 Å². The number of nitrogens with zero attached hydrogens (tertiary/aromatic N) is 1. The lowest BCUT2D eigenvalue weighted by Gasteiger charge is -2.39. The van der Waals surface area contributed by atoms with Gasteiger partial charge in [-0.05, 0) is 43.3 Å². The zero-order chi connectivity index (χ0) is 17.9. The molecule has 1 amide bonds. The van der Waals surface area contributed by atoms with Gasteiger partial charge in [0.05, 0.1) is 37.1 Å². The first-order chi connectivity index (χ1) is 12.7. The molecule has 0 spiro atoms. The molecule has 2 heterocycles. The molecule has 2 aromatic rings. The Balaban J connectivity index is 1.44. The monoisotopic (exact) mass is 370 g/mol. The molecular formula is C21H28N3OS+. The smallest absolute Gasteiger partial charge is 0.223 e. The quantitative estimate of drug-likeness (QED) is 0.817. The van der Waals surface area contributed by atoms with E-state index in [1.54, 1.807) is 4.90 Å². The second kappa shape index (κ2) is 7.80. The maximum atomic E-state index is 12.3. The van der Waals surface area contributed by atoms with Crippen LogP contribution in [0.2, 0.25) is 0 Å². The molecule has 1 aliphatic carbocycles. The van der Waals surface area contributed by atoms with Crippen molar-refractivity contribution in [2.45, 2.75) is 31.8 Å². The van der Waals surface area contributed by atoms with Crippen LogP contribution in [-0.4, -0.2) is 38.1 Å². The van der Waals surface area contributed by atoms with Crippen LogP contribution in [0.3, 0.4) is 0 Å². The number of piperazine rings is 1. The topological polar surface area (TPSA) is 36.8 Å². The van der Waals surface area contributed by atoms with Crippen molar-refractivity contribution in [3.05, 3.63) is 52.7 Å². The van der Waals surface area contributed by atoms with Crippen molar-refractivity contribution in [1.29, 1.82) is 0 Å². The minimum Gasteiger partial charge on any atom is -0.360 e. The van der Waals surface area contributed by atoms with Gasteiger partial charge in [0.25, 0.3) is 0 Å². The van der Waals surface area contributed by atoms with Crippen LogP contribution < -0.4 is 15.1 Å². The number of carbonyl (C=O) groups is 1. The fourth-order valence-electron chi connectivity index (χ4n) is 4.04. The number of hydrogen-bond acceptors (Lipinski definition) is 3. The zero-order valence-corrected chi connectivity index (χ0v) is 16.2. The van der Waals surface area contributed by atoms with Crippen LogP contribution in [0.25, 0.3) is 0 Å². The Bertz CT molecular complexity index is 706. The zero-order valence-electron chi connectivity index (χ0n) is 15.4. The molecule has 0 unspecified atom stereocenters. The summed E-state index contributed by atoms with van der Waals surface area (Å²) in [7, 11) is 0. The largest absolute Gasteiger partial charge is 0.360 e. The van der Waals surface area contributed by atoms with E-state index in [0.717, 1.165) is 39.0 Å². The Labute approximate surface area is 159 Å². The second-order valence-electron chi connectivity index (χ2n) is 7.55. The number of amides is 1. The van der Waals surface area contributed by atoms with E-state index in [-0.39, 0.29) is 17.9 Å². The molecule has 1 aliphatic heterocycles. The van der Waals surface area contributed by atoms with Crippen molar-refractivity contribution in [2.75, 3.05) is 31.1 Å². The van der Waals surface area contributed by atoms with Crippen LogP contribution in [-0.2, 0) is 4.79 Å². The molecule has 1 aromatic carbocycles.